The van der Waals surface area contributed by atoms with Crippen molar-refractivity contribution in [2.45, 2.75) is 24.2 Å². The maximum Gasteiger partial charge on any atom is 0.220 e. The van der Waals surface area contributed by atoms with E-state index in [9.17, 15) is 13.2 Å². The summed E-state index contributed by atoms with van der Waals surface area (Å²) in [5.74, 6) is 0.376. The molecular weight excluding hydrogens is 409 g/mol. The number of nitrogens with one attached hydrogen (secondary N) is 1. The van der Waals surface area contributed by atoms with E-state index in [1.54, 1.807) is 48.5 Å². The minimum absolute atomic E-state index is 0.00449. The maximum atomic E-state index is 12.1. The number of hydrogen-bond acceptors (Lipinski definition) is 4. The SMILES string of the molecule is O=C(CCCOc1ccc(Cl)cc1Cl)NCCCS(=O)(=O)c1ccccc1. The highest BCUT2D eigenvalue weighted by Gasteiger charge is 2.13. The van der Waals surface area contributed by atoms with Gasteiger partial charge in [0.2, 0.25) is 5.91 Å². The summed E-state index contributed by atoms with van der Waals surface area (Å²) in [4.78, 5) is 12.1. The van der Waals surface area contributed by atoms with Crippen LogP contribution in [0.2, 0.25) is 10.0 Å². The summed E-state index contributed by atoms with van der Waals surface area (Å²) in [5.41, 5.74) is 0. The van der Waals surface area contributed by atoms with Gasteiger partial charge < -0.3 is 10.1 Å². The second-order valence-electron chi connectivity index (χ2n) is 5.86. The van der Waals surface area contributed by atoms with E-state index in [0.717, 1.165) is 0 Å². The molecule has 1 amide bonds. The zero-order valence-electron chi connectivity index (χ0n) is 14.7. The summed E-state index contributed by atoms with van der Waals surface area (Å²) in [7, 11) is -3.31. The van der Waals surface area contributed by atoms with Gasteiger partial charge in [-0.1, -0.05) is 41.4 Å². The molecule has 0 aliphatic rings. The second kappa shape index (κ2) is 10.5. The predicted molar refractivity (Wildman–Crippen MR) is 107 cm³/mol. The number of benzene rings is 2. The first-order valence-corrected chi connectivity index (χ1v) is 10.9. The van der Waals surface area contributed by atoms with Crippen LogP contribution in [0.15, 0.2) is 53.4 Å². The molecule has 0 aliphatic carbocycles. The van der Waals surface area contributed by atoms with Crippen molar-refractivity contribution < 1.29 is 17.9 Å². The van der Waals surface area contributed by atoms with E-state index in [0.29, 0.717) is 46.7 Å². The molecule has 0 saturated carbocycles. The Hall–Kier alpha value is -1.76. The zero-order chi connectivity index (χ0) is 19.7. The van der Waals surface area contributed by atoms with Crippen molar-refractivity contribution in [3.63, 3.8) is 0 Å². The van der Waals surface area contributed by atoms with E-state index in [2.05, 4.69) is 5.32 Å². The van der Waals surface area contributed by atoms with Gasteiger partial charge in [-0.15, -0.1) is 0 Å². The Bertz CT molecular complexity index is 857. The normalized spacial score (nSPS) is 11.2. The molecule has 0 saturated heterocycles. The van der Waals surface area contributed by atoms with Crippen LogP contribution in [0.25, 0.3) is 0 Å². The third-order valence-electron chi connectivity index (χ3n) is 3.71. The molecular formula is C19H21Cl2NO4S. The Morgan fingerprint density at radius 3 is 2.48 bits per heavy atom. The number of hydrogen-bond donors (Lipinski definition) is 1. The second-order valence-corrected chi connectivity index (χ2v) is 8.81. The van der Waals surface area contributed by atoms with Crippen LogP contribution in [0.5, 0.6) is 5.75 Å². The van der Waals surface area contributed by atoms with Crippen LogP contribution >= 0.6 is 23.2 Å². The van der Waals surface area contributed by atoms with E-state index < -0.39 is 9.84 Å². The molecule has 0 aromatic heterocycles. The van der Waals surface area contributed by atoms with Crippen LogP contribution in [0.3, 0.4) is 0 Å². The molecule has 0 unspecified atom stereocenters. The summed E-state index contributed by atoms with van der Waals surface area (Å²) >= 11 is 11.8. The average Bonchev–Trinajstić information content (AvgIpc) is 2.64. The van der Waals surface area contributed by atoms with Crippen LogP contribution in [-0.2, 0) is 14.6 Å². The number of sulfone groups is 1. The molecule has 0 bridgehead atoms. The number of halogens is 2. The van der Waals surface area contributed by atoms with Gasteiger partial charge in [0.1, 0.15) is 5.75 Å². The van der Waals surface area contributed by atoms with Crippen LogP contribution in [0, 0.1) is 0 Å². The molecule has 0 fully saturated rings. The molecule has 2 aromatic carbocycles. The highest BCUT2D eigenvalue weighted by atomic mass is 35.5. The third-order valence-corrected chi connectivity index (χ3v) is 6.06. The molecule has 27 heavy (non-hydrogen) atoms. The highest BCUT2D eigenvalue weighted by Crippen LogP contribution is 2.27. The van der Waals surface area contributed by atoms with Crippen molar-refractivity contribution in [1.29, 1.82) is 0 Å². The fraction of sp³-hybridized carbons (Fsp3) is 0.316. The van der Waals surface area contributed by atoms with Crippen LogP contribution in [-0.4, -0.2) is 33.2 Å². The number of amides is 1. The molecule has 146 valence electrons. The lowest BCUT2D eigenvalue weighted by Gasteiger charge is -2.09. The molecule has 0 radical (unpaired) electrons. The van der Waals surface area contributed by atoms with Crippen molar-refractivity contribution >= 4 is 38.9 Å². The fourth-order valence-electron chi connectivity index (χ4n) is 2.33. The van der Waals surface area contributed by atoms with Crippen LogP contribution in [0.4, 0.5) is 0 Å². The lowest BCUT2D eigenvalue weighted by molar-refractivity contribution is -0.121. The first-order chi connectivity index (χ1) is 12.9. The lowest BCUT2D eigenvalue weighted by Crippen LogP contribution is -2.26. The first-order valence-electron chi connectivity index (χ1n) is 8.51. The molecule has 0 aliphatic heterocycles. The molecule has 0 atom stereocenters. The first kappa shape index (κ1) is 21.5. The monoisotopic (exact) mass is 429 g/mol. The van der Waals surface area contributed by atoms with Crippen LogP contribution < -0.4 is 10.1 Å². The Morgan fingerprint density at radius 2 is 1.78 bits per heavy atom. The largest absolute Gasteiger partial charge is 0.492 e. The quantitative estimate of drug-likeness (QED) is 0.576. The minimum Gasteiger partial charge on any atom is -0.492 e. The van der Waals surface area contributed by atoms with E-state index in [1.807, 2.05) is 0 Å². The van der Waals surface area contributed by atoms with Gasteiger partial charge in [0.05, 0.1) is 22.3 Å². The molecule has 2 rings (SSSR count). The number of rotatable bonds is 10. The summed E-state index contributed by atoms with van der Waals surface area (Å²) in [6.07, 6.45) is 1.17. The summed E-state index contributed by atoms with van der Waals surface area (Å²) in [6, 6.07) is 13.2. The van der Waals surface area contributed by atoms with Gasteiger partial charge in [-0.2, -0.15) is 0 Å². The highest BCUT2D eigenvalue weighted by molar-refractivity contribution is 7.91. The van der Waals surface area contributed by atoms with Gasteiger partial charge in [-0.25, -0.2) is 8.42 Å². The van der Waals surface area contributed by atoms with Gasteiger partial charge >= 0.3 is 0 Å². The maximum absolute atomic E-state index is 12.1. The average molecular weight is 430 g/mol. The molecule has 0 spiro atoms. The van der Waals surface area contributed by atoms with E-state index in [4.69, 9.17) is 27.9 Å². The molecule has 2 aromatic rings. The van der Waals surface area contributed by atoms with Crippen molar-refractivity contribution in [2.24, 2.45) is 0 Å². The Balaban J connectivity index is 1.61. The van der Waals surface area contributed by atoms with Gasteiger partial charge in [0, 0.05) is 18.0 Å². The topological polar surface area (TPSA) is 72.5 Å². The van der Waals surface area contributed by atoms with Crippen molar-refractivity contribution in [3.05, 3.63) is 58.6 Å². The molecule has 0 heterocycles. The van der Waals surface area contributed by atoms with Crippen molar-refractivity contribution in [3.8, 4) is 5.75 Å². The van der Waals surface area contributed by atoms with Gasteiger partial charge in [0.25, 0.3) is 0 Å². The number of carbonyl (C=O) groups is 1. The number of carbonyl (C=O) groups excluding carboxylic acids is 1. The number of ether oxygens (including phenoxy) is 1. The Kier molecular flexibility index (Phi) is 8.41. The minimum atomic E-state index is -3.31. The van der Waals surface area contributed by atoms with Gasteiger partial charge in [0.15, 0.2) is 9.84 Å². The van der Waals surface area contributed by atoms with Crippen molar-refractivity contribution in [2.75, 3.05) is 18.9 Å². The smallest absolute Gasteiger partial charge is 0.220 e. The van der Waals surface area contributed by atoms with Crippen molar-refractivity contribution in [1.82, 2.24) is 5.32 Å². The Labute approximate surface area is 169 Å². The zero-order valence-corrected chi connectivity index (χ0v) is 17.0. The summed E-state index contributed by atoms with van der Waals surface area (Å²) < 4.78 is 29.8. The molecule has 8 heteroatoms. The lowest BCUT2D eigenvalue weighted by atomic mass is 10.3. The van der Waals surface area contributed by atoms with E-state index in [1.165, 1.54) is 0 Å². The molecule has 5 nitrogen and oxygen atoms in total. The summed E-state index contributed by atoms with van der Waals surface area (Å²) in [5, 5.41) is 3.67. The Morgan fingerprint density at radius 1 is 1.04 bits per heavy atom. The van der Waals surface area contributed by atoms with Crippen LogP contribution in [0.1, 0.15) is 19.3 Å². The fourth-order valence-corrected chi connectivity index (χ4v) is 4.13. The standard InChI is InChI=1S/C19H21Cl2NO4S/c20-15-9-10-18(17(21)14-15)26-12-4-8-19(23)22-11-5-13-27(24,25)16-6-2-1-3-7-16/h1-3,6-7,9-10,14H,4-5,8,11-13H2,(H,22,23). The van der Waals surface area contributed by atoms with E-state index in [-0.39, 0.29) is 18.1 Å². The van der Waals surface area contributed by atoms with E-state index >= 15 is 0 Å². The van der Waals surface area contributed by atoms with Gasteiger partial charge in [-0.05, 0) is 43.2 Å². The molecule has 1 N–H and O–H groups in total. The third kappa shape index (κ3) is 7.40. The summed E-state index contributed by atoms with van der Waals surface area (Å²) in [6.45, 7) is 0.659. The predicted octanol–water partition coefficient (Wildman–Crippen LogP) is 4.13. The van der Waals surface area contributed by atoms with Gasteiger partial charge in [-0.3, -0.25) is 4.79 Å².